The molecule has 1 heterocycles. The lowest BCUT2D eigenvalue weighted by molar-refractivity contribution is -0.384. The van der Waals surface area contributed by atoms with Crippen LogP contribution in [0.2, 0.25) is 0 Å². The molecule has 1 fully saturated rings. The van der Waals surface area contributed by atoms with Gasteiger partial charge in [-0.1, -0.05) is 12.8 Å². The molecular formula is C17H19N3O5. The Morgan fingerprint density at radius 1 is 1.44 bits per heavy atom. The van der Waals surface area contributed by atoms with Gasteiger partial charge in [-0.3, -0.25) is 24.4 Å². The monoisotopic (exact) mass is 345 g/mol. The highest BCUT2D eigenvalue weighted by atomic mass is 16.6. The van der Waals surface area contributed by atoms with Crippen LogP contribution in [0.15, 0.2) is 18.3 Å². The topological polar surface area (TPSA) is 104 Å². The number of carbonyl (C=O) groups excluding carboxylic acids is 2. The van der Waals surface area contributed by atoms with Gasteiger partial charge in [-0.15, -0.1) is 0 Å². The number of aldehydes is 1. The van der Waals surface area contributed by atoms with Crippen LogP contribution in [-0.2, 0) is 9.53 Å². The Hall–Kier alpha value is -2.77. The van der Waals surface area contributed by atoms with Crippen LogP contribution in [0.5, 0.6) is 0 Å². The number of benzene rings is 1. The number of hydrogen-bond donors (Lipinski definition) is 0. The summed E-state index contributed by atoms with van der Waals surface area (Å²) < 4.78 is 6.88. The van der Waals surface area contributed by atoms with E-state index in [2.05, 4.69) is 5.10 Å². The van der Waals surface area contributed by atoms with Crippen molar-refractivity contribution in [2.45, 2.75) is 38.6 Å². The predicted molar refractivity (Wildman–Crippen MR) is 89.4 cm³/mol. The van der Waals surface area contributed by atoms with E-state index in [0.717, 1.165) is 25.7 Å². The van der Waals surface area contributed by atoms with Crippen LogP contribution < -0.4 is 0 Å². The Morgan fingerprint density at radius 2 is 2.20 bits per heavy atom. The third kappa shape index (κ3) is 3.24. The molecule has 1 aromatic heterocycles. The Balaban J connectivity index is 2.01. The van der Waals surface area contributed by atoms with Gasteiger partial charge in [0.2, 0.25) is 0 Å². The second-order valence-corrected chi connectivity index (χ2v) is 6.16. The van der Waals surface area contributed by atoms with Gasteiger partial charge in [-0.2, -0.15) is 5.10 Å². The van der Waals surface area contributed by atoms with E-state index in [0.29, 0.717) is 23.8 Å². The maximum atomic E-state index is 12.2. The van der Waals surface area contributed by atoms with Crippen molar-refractivity contribution in [3.8, 4) is 0 Å². The molecule has 0 N–H and O–H groups in total. The highest BCUT2D eigenvalue weighted by molar-refractivity contribution is 5.91. The normalized spacial score (nSPS) is 20.4. The first-order chi connectivity index (χ1) is 12.0. The molecule has 0 radical (unpaired) electrons. The summed E-state index contributed by atoms with van der Waals surface area (Å²) in [5.74, 6) is -0.505. The summed E-state index contributed by atoms with van der Waals surface area (Å²) in [5.41, 5.74) is 0.252. The molecule has 1 aliphatic rings. The Morgan fingerprint density at radius 3 is 2.88 bits per heavy atom. The van der Waals surface area contributed by atoms with E-state index in [1.807, 2.05) is 0 Å². The largest absolute Gasteiger partial charge is 0.466 e. The van der Waals surface area contributed by atoms with Crippen LogP contribution in [0.4, 0.5) is 5.69 Å². The van der Waals surface area contributed by atoms with Crippen molar-refractivity contribution in [2.24, 2.45) is 5.92 Å². The van der Waals surface area contributed by atoms with Crippen molar-refractivity contribution < 1.29 is 19.2 Å². The Kier molecular flexibility index (Phi) is 4.78. The number of aromatic nitrogens is 2. The van der Waals surface area contributed by atoms with Gasteiger partial charge in [0.15, 0.2) is 6.29 Å². The molecule has 0 spiro atoms. The van der Waals surface area contributed by atoms with E-state index in [4.69, 9.17) is 4.74 Å². The molecule has 2 unspecified atom stereocenters. The SMILES string of the molecule is CCOC(=O)C1CCCCC1n1cc2cc([N+](=O)[O-])c(C=O)cc2n1. The van der Waals surface area contributed by atoms with E-state index in [9.17, 15) is 19.7 Å². The van der Waals surface area contributed by atoms with Crippen LogP contribution in [0.3, 0.4) is 0 Å². The first-order valence-corrected chi connectivity index (χ1v) is 8.34. The standard InChI is InChI=1S/C17H19N3O5/c1-2-25-17(22)13-5-3-4-6-15(13)19-9-11-8-16(20(23)24)12(10-21)7-14(11)18-19/h7-10,13,15H,2-6H2,1H3. The first kappa shape index (κ1) is 17.1. The molecule has 2 aromatic rings. The van der Waals surface area contributed by atoms with Gasteiger partial charge >= 0.3 is 5.97 Å². The molecule has 8 heteroatoms. The lowest BCUT2D eigenvalue weighted by Crippen LogP contribution is -2.31. The molecule has 0 aliphatic heterocycles. The van der Waals surface area contributed by atoms with Crippen LogP contribution in [-0.4, -0.2) is 33.6 Å². The van der Waals surface area contributed by atoms with E-state index in [1.54, 1.807) is 17.8 Å². The van der Waals surface area contributed by atoms with Gasteiger partial charge in [0, 0.05) is 17.6 Å². The van der Waals surface area contributed by atoms with E-state index in [-0.39, 0.29) is 29.2 Å². The molecule has 1 aromatic carbocycles. The molecule has 8 nitrogen and oxygen atoms in total. The van der Waals surface area contributed by atoms with Gasteiger partial charge in [-0.05, 0) is 25.8 Å². The molecule has 132 valence electrons. The highest BCUT2D eigenvalue weighted by Gasteiger charge is 2.34. The number of esters is 1. The lowest BCUT2D eigenvalue weighted by atomic mass is 9.84. The maximum Gasteiger partial charge on any atom is 0.311 e. The van der Waals surface area contributed by atoms with Gasteiger partial charge in [0.1, 0.15) is 0 Å². The quantitative estimate of drug-likeness (QED) is 0.357. The summed E-state index contributed by atoms with van der Waals surface area (Å²) in [4.78, 5) is 33.9. The fraction of sp³-hybridized carbons (Fsp3) is 0.471. The number of rotatable bonds is 5. The number of fused-ring (bicyclic) bond motifs is 1. The molecule has 0 amide bonds. The minimum Gasteiger partial charge on any atom is -0.466 e. The number of nitro groups is 1. The third-order valence-corrected chi connectivity index (χ3v) is 4.65. The zero-order valence-electron chi connectivity index (χ0n) is 13.9. The molecule has 3 rings (SSSR count). The third-order valence-electron chi connectivity index (χ3n) is 4.65. The van der Waals surface area contributed by atoms with Crippen LogP contribution in [0.25, 0.3) is 10.9 Å². The zero-order chi connectivity index (χ0) is 18.0. The van der Waals surface area contributed by atoms with E-state index >= 15 is 0 Å². The van der Waals surface area contributed by atoms with Crippen LogP contribution in [0, 0.1) is 16.0 Å². The molecule has 25 heavy (non-hydrogen) atoms. The molecular weight excluding hydrogens is 326 g/mol. The number of ether oxygens (including phenoxy) is 1. The van der Waals surface area contributed by atoms with E-state index < -0.39 is 4.92 Å². The molecule has 1 aliphatic carbocycles. The smallest absolute Gasteiger partial charge is 0.311 e. The van der Waals surface area contributed by atoms with Crippen molar-refractivity contribution in [1.29, 1.82) is 0 Å². The van der Waals surface area contributed by atoms with Crippen molar-refractivity contribution in [3.05, 3.63) is 34.0 Å². The van der Waals surface area contributed by atoms with Gasteiger partial charge in [-0.25, -0.2) is 0 Å². The number of nitro benzene ring substituents is 1. The number of nitrogens with zero attached hydrogens (tertiary/aromatic N) is 3. The minimum atomic E-state index is -0.581. The zero-order valence-corrected chi connectivity index (χ0v) is 13.9. The maximum absolute atomic E-state index is 12.2. The molecule has 1 saturated carbocycles. The summed E-state index contributed by atoms with van der Waals surface area (Å²) in [5, 5.41) is 16.1. The lowest BCUT2D eigenvalue weighted by Gasteiger charge is -2.29. The van der Waals surface area contributed by atoms with Gasteiger partial charge < -0.3 is 4.74 Å². The van der Waals surface area contributed by atoms with Gasteiger partial charge in [0.05, 0.1) is 34.6 Å². The average Bonchev–Trinajstić information content (AvgIpc) is 3.03. The second kappa shape index (κ2) is 7.00. The van der Waals surface area contributed by atoms with Gasteiger partial charge in [0.25, 0.3) is 5.69 Å². The van der Waals surface area contributed by atoms with Crippen LogP contribution >= 0.6 is 0 Å². The van der Waals surface area contributed by atoms with E-state index in [1.165, 1.54) is 12.1 Å². The van der Waals surface area contributed by atoms with Crippen molar-refractivity contribution in [3.63, 3.8) is 0 Å². The average molecular weight is 345 g/mol. The van der Waals surface area contributed by atoms with Crippen molar-refractivity contribution in [2.75, 3.05) is 6.61 Å². The molecule has 0 saturated heterocycles. The van der Waals surface area contributed by atoms with Crippen molar-refractivity contribution in [1.82, 2.24) is 9.78 Å². The number of hydrogen-bond acceptors (Lipinski definition) is 6. The summed E-state index contributed by atoms with van der Waals surface area (Å²) >= 11 is 0. The predicted octanol–water partition coefficient (Wildman–Crippen LogP) is 3.05. The first-order valence-electron chi connectivity index (χ1n) is 8.34. The fourth-order valence-corrected chi connectivity index (χ4v) is 3.47. The minimum absolute atomic E-state index is 0.00617. The number of carbonyl (C=O) groups is 2. The summed E-state index contributed by atoms with van der Waals surface area (Å²) in [6, 6.07) is 2.63. The Labute approximate surface area is 143 Å². The molecule has 0 bridgehead atoms. The van der Waals surface area contributed by atoms with Crippen molar-refractivity contribution >= 4 is 28.8 Å². The highest BCUT2D eigenvalue weighted by Crippen LogP contribution is 2.36. The fourth-order valence-electron chi connectivity index (χ4n) is 3.47. The van der Waals surface area contributed by atoms with Crippen LogP contribution in [0.1, 0.15) is 49.0 Å². The summed E-state index contributed by atoms with van der Waals surface area (Å²) in [6.45, 7) is 2.11. The second-order valence-electron chi connectivity index (χ2n) is 6.16. The summed E-state index contributed by atoms with van der Waals surface area (Å²) in [7, 11) is 0. The molecule has 2 atom stereocenters. The summed E-state index contributed by atoms with van der Waals surface area (Å²) in [6.07, 6.45) is 5.63. The Bertz CT molecular complexity index is 829.